The highest BCUT2D eigenvalue weighted by molar-refractivity contribution is 5.82. The monoisotopic (exact) mass is 282 g/mol. The van der Waals surface area contributed by atoms with Crippen LogP contribution in [0.2, 0.25) is 0 Å². The summed E-state index contributed by atoms with van der Waals surface area (Å²) in [4.78, 5) is 4.62. The van der Waals surface area contributed by atoms with Crippen LogP contribution in [-0.4, -0.2) is 11.5 Å². The Bertz CT molecular complexity index is 606. The number of aryl methyl sites for hydroxylation is 1. The minimum absolute atomic E-state index is 0.855. The van der Waals surface area contributed by atoms with Gasteiger partial charge in [-0.15, -0.1) is 0 Å². The van der Waals surface area contributed by atoms with Crippen LogP contribution in [0.1, 0.15) is 43.9 Å². The van der Waals surface area contributed by atoms with Crippen LogP contribution in [0.15, 0.2) is 30.3 Å². The van der Waals surface area contributed by atoms with E-state index >= 15 is 0 Å². The Morgan fingerprint density at radius 2 is 2.00 bits per heavy atom. The third-order valence-electron chi connectivity index (χ3n) is 4.94. The van der Waals surface area contributed by atoms with E-state index < -0.39 is 0 Å². The van der Waals surface area contributed by atoms with Crippen LogP contribution in [0.5, 0.6) is 0 Å². The van der Waals surface area contributed by atoms with Gasteiger partial charge in [0, 0.05) is 17.6 Å². The number of rotatable bonds is 4. The molecule has 2 unspecified atom stereocenters. The first-order chi connectivity index (χ1) is 10.2. The van der Waals surface area contributed by atoms with Crippen LogP contribution in [0.4, 0.5) is 0 Å². The second-order valence-corrected chi connectivity index (χ2v) is 6.59. The Hall–Kier alpha value is -1.41. The maximum Gasteiger partial charge on any atom is 0.0708 e. The number of nitrogens with zero attached hydrogens (tertiary/aromatic N) is 1. The molecule has 2 aromatic rings. The summed E-state index contributed by atoms with van der Waals surface area (Å²) in [5, 5.41) is 4.98. The number of nitrogens with one attached hydrogen (secondary N) is 1. The van der Waals surface area contributed by atoms with Crippen LogP contribution < -0.4 is 5.32 Å². The molecule has 0 amide bonds. The lowest BCUT2D eigenvalue weighted by atomic mass is 9.80. The maximum absolute atomic E-state index is 4.62. The van der Waals surface area contributed by atoms with Crippen molar-refractivity contribution in [3.05, 3.63) is 41.6 Å². The van der Waals surface area contributed by atoms with Crippen LogP contribution in [-0.2, 0) is 6.54 Å². The van der Waals surface area contributed by atoms with Crippen LogP contribution in [0.3, 0.4) is 0 Å². The second kappa shape index (κ2) is 6.57. The number of para-hydroxylation sites is 1. The molecule has 112 valence electrons. The van der Waals surface area contributed by atoms with E-state index in [1.165, 1.54) is 36.6 Å². The number of pyridine rings is 1. The minimum atomic E-state index is 0.855. The predicted molar refractivity (Wildman–Crippen MR) is 89.3 cm³/mol. The van der Waals surface area contributed by atoms with Crippen molar-refractivity contribution in [2.45, 2.75) is 46.1 Å². The lowest BCUT2D eigenvalue weighted by molar-refractivity contribution is 0.248. The van der Waals surface area contributed by atoms with Crippen molar-refractivity contribution in [1.29, 1.82) is 0 Å². The molecule has 2 atom stereocenters. The third-order valence-corrected chi connectivity index (χ3v) is 4.94. The van der Waals surface area contributed by atoms with E-state index in [0.29, 0.717) is 0 Å². The van der Waals surface area contributed by atoms with E-state index in [1.54, 1.807) is 0 Å². The van der Waals surface area contributed by atoms with Crippen LogP contribution >= 0.6 is 0 Å². The van der Waals surface area contributed by atoms with E-state index in [-0.39, 0.29) is 0 Å². The standard InChI is InChI=1S/C19H26N2/c1-14-7-3-4-8-16(14)12-20-13-17-11-15(2)21-19-10-6-5-9-18(17)19/h5-6,9-11,14,16,20H,3-4,7-8,12-13H2,1-2H3. The molecule has 1 saturated carbocycles. The van der Waals surface area contributed by atoms with Gasteiger partial charge in [0.25, 0.3) is 0 Å². The average molecular weight is 282 g/mol. The highest BCUT2D eigenvalue weighted by atomic mass is 14.9. The van der Waals surface area contributed by atoms with Crippen LogP contribution in [0.25, 0.3) is 10.9 Å². The topological polar surface area (TPSA) is 24.9 Å². The molecule has 1 aliphatic carbocycles. The SMILES string of the molecule is Cc1cc(CNCC2CCCCC2C)c2ccccc2n1. The Labute approximate surface area is 128 Å². The largest absolute Gasteiger partial charge is 0.312 e. The molecule has 2 nitrogen and oxygen atoms in total. The lowest BCUT2D eigenvalue weighted by Gasteiger charge is -2.29. The molecule has 1 fully saturated rings. The average Bonchev–Trinajstić information content (AvgIpc) is 2.49. The van der Waals surface area contributed by atoms with Gasteiger partial charge in [0.2, 0.25) is 0 Å². The van der Waals surface area contributed by atoms with E-state index in [0.717, 1.165) is 36.1 Å². The van der Waals surface area contributed by atoms with Gasteiger partial charge in [-0.25, -0.2) is 0 Å². The summed E-state index contributed by atoms with van der Waals surface area (Å²) in [5.41, 5.74) is 3.60. The summed E-state index contributed by atoms with van der Waals surface area (Å²) in [6.07, 6.45) is 5.63. The molecule has 0 aliphatic heterocycles. The van der Waals surface area contributed by atoms with Crippen molar-refractivity contribution in [2.24, 2.45) is 11.8 Å². The predicted octanol–water partition coefficient (Wildman–Crippen LogP) is 4.46. The molecule has 3 rings (SSSR count). The van der Waals surface area contributed by atoms with E-state index in [2.05, 4.69) is 54.5 Å². The van der Waals surface area contributed by atoms with Crippen molar-refractivity contribution in [3.63, 3.8) is 0 Å². The molecular formula is C19H26N2. The third kappa shape index (κ3) is 3.44. The van der Waals surface area contributed by atoms with Crippen molar-refractivity contribution in [1.82, 2.24) is 10.3 Å². The number of benzene rings is 1. The van der Waals surface area contributed by atoms with Gasteiger partial charge in [-0.3, -0.25) is 4.98 Å². The summed E-state index contributed by atoms with van der Waals surface area (Å²) in [5.74, 6) is 1.73. The van der Waals surface area contributed by atoms with Gasteiger partial charge < -0.3 is 5.32 Å². The van der Waals surface area contributed by atoms with Crippen molar-refractivity contribution in [3.8, 4) is 0 Å². The molecule has 0 spiro atoms. The van der Waals surface area contributed by atoms with Gasteiger partial charge in [0.1, 0.15) is 0 Å². The molecule has 21 heavy (non-hydrogen) atoms. The smallest absolute Gasteiger partial charge is 0.0708 e. The minimum Gasteiger partial charge on any atom is -0.312 e. The molecule has 0 saturated heterocycles. The molecule has 1 N–H and O–H groups in total. The number of hydrogen-bond donors (Lipinski definition) is 1. The molecule has 0 radical (unpaired) electrons. The van der Waals surface area contributed by atoms with E-state index in [1.807, 2.05) is 0 Å². The summed E-state index contributed by atoms with van der Waals surface area (Å²) in [6, 6.07) is 10.7. The van der Waals surface area contributed by atoms with Gasteiger partial charge in [-0.05, 0) is 49.4 Å². The Kier molecular flexibility index (Phi) is 4.54. The zero-order valence-electron chi connectivity index (χ0n) is 13.2. The van der Waals surface area contributed by atoms with Crippen molar-refractivity contribution < 1.29 is 0 Å². The van der Waals surface area contributed by atoms with Gasteiger partial charge in [0.15, 0.2) is 0 Å². The zero-order chi connectivity index (χ0) is 14.7. The molecule has 1 aliphatic rings. The van der Waals surface area contributed by atoms with Gasteiger partial charge in [-0.1, -0.05) is 44.4 Å². The molecule has 1 aromatic heterocycles. The fourth-order valence-corrected chi connectivity index (χ4v) is 3.63. The summed E-state index contributed by atoms with van der Waals surface area (Å²) in [6.45, 7) is 6.60. The highest BCUT2D eigenvalue weighted by Crippen LogP contribution is 2.29. The maximum atomic E-state index is 4.62. The number of hydrogen-bond acceptors (Lipinski definition) is 2. The molecule has 2 heteroatoms. The van der Waals surface area contributed by atoms with Crippen molar-refractivity contribution >= 4 is 10.9 Å². The lowest BCUT2D eigenvalue weighted by Crippen LogP contribution is -2.29. The van der Waals surface area contributed by atoms with Gasteiger partial charge in [-0.2, -0.15) is 0 Å². The first kappa shape index (κ1) is 14.5. The number of fused-ring (bicyclic) bond motifs is 1. The van der Waals surface area contributed by atoms with Crippen LogP contribution in [0, 0.1) is 18.8 Å². The first-order valence-corrected chi connectivity index (χ1v) is 8.30. The van der Waals surface area contributed by atoms with E-state index in [9.17, 15) is 0 Å². The van der Waals surface area contributed by atoms with Gasteiger partial charge >= 0.3 is 0 Å². The second-order valence-electron chi connectivity index (χ2n) is 6.59. The fourth-order valence-electron chi connectivity index (χ4n) is 3.63. The highest BCUT2D eigenvalue weighted by Gasteiger charge is 2.20. The summed E-state index contributed by atoms with van der Waals surface area (Å²) >= 11 is 0. The number of aromatic nitrogens is 1. The molecule has 1 aromatic carbocycles. The normalized spacial score (nSPS) is 22.6. The van der Waals surface area contributed by atoms with Crippen molar-refractivity contribution in [2.75, 3.05) is 6.54 Å². The van der Waals surface area contributed by atoms with Gasteiger partial charge in [0.05, 0.1) is 5.52 Å². The summed E-state index contributed by atoms with van der Waals surface area (Å²) in [7, 11) is 0. The van der Waals surface area contributed by atoms with E-state index in [4.69, 9.17) is 0 Å². The Balaban J connectivity index is 1.67. The first-order valence-electron chi connectivity index (χ1n) is 8.30. The molecule has 0 bridgehead atoms. The zero-order valence-corrected chi connectivity index (χ0v) is 13.2. The fraction of sp³-hybridized carbons (Fsp3) is 0.526. The molecule has 1 heterocycles. The summed E-state index contributed by atoms with van der Waals surface area (Å²) < 4.78 is 0. The Morgan fingerprint density at radius 3 is 2.86 bits per heavy atom. The quantitative estimate of drug-likeness (QED) is 0.895. The Morgan fingerprint density at radius 1 is 1.19 bits per heavy atom. The molecular weight excluding hydrogens is 256 g/mol.